The highest BCUT2D eigenvalue weighted by atomic mass is 16.4. The lowest BCUT2D eigenvalue weighted by Gasteiger charge is -2.60. The smallest absolute Gasteiger partial charge is 0.335 e. The van der Waals surface area contributed by atoms with Crippen LogP contribution in [0.25, 0.3) is 215 Å². The molecule has 0 aromatic heterocycles. The number of carboxylic acid groups (broad SMARTS) is 5. The van der Waals surface area contributed by atoms with Crippen LogP contribution in [0.5, 0.6) is 0 Å². The van der Waals surface area contributed by atoms with Crippen LogP contribution in [0.15, 0.2) is 144 Å². The molecule has 105 heavy (non-hydrogen) atoms. The van der Waals surface area contributed by atoms with Gasteiger partial charge in [0.2, 0.25) is 0 Å². The first-order valence-corrected chi connectivity index (χ1v) is 36.4. The summed E-state index contributed by atoms with van der Waals surface area (Å²) in [5, 5.41) is 109. The molecule has 0 heterocycles. The van der Waals surface area contributed by atoms with E-state index in [2.05, 4.69) is 60.7 Å². The Kier molecular flexibility index (Phi) is 5.31. The molecule has 4 atom stereocenters. The second kappa shape index (κ2) is 11.9. The molecule has 0 aliphatic heterocycles. The van der Waals surface area contributed by atoms with Gasteiger partial charge < -0.3 is 25.5 Å². The second-order valence-corrected chi connectivity index (χ2v) is 34.0. The van der Waals surface area contributed by atoms with E-state index in [0.29, 0.717) is 0 Å². The Morgan fingerprint density at radius 2 is 0.343 bits per heavy atom. The van der Waals surface area contributed by atoms with Gasteiger partial charge in [-0.15, -0.1) is 0 Å². The Hall–Kier alpha value is -13.6. The lowest BCUT2D eigenvalue weighted by Crippen LogP contribution is -2.57. The molecule has 37 rings (SSSR count). The molecule has 0 spiro atoms. The fraction of sp³-hybridized carbons (Fsp3) is 0.0632. The minimum Gasteiger partial charge on any atom is -0.478 e. The molecule has 0 bridgehead atoms. The minimum atomic E-state index is -1.22. The molecule has 11 aliphatic carbocycles. The van der Waals surface area contributed by atoms with Crippen LogP contribution in [-0.4, -0.2) is 55.4 Å². The molecule has 10 nitrogen and oxygen atoms in total. The summed E-state index contributed by atoms with van der Waals surface area (Å²) in [4.78, 5) is 68.5. The Bertz CT molecular complexity index is 8870. The van der Waals surface area contributed by atoms with Gasteiger partial charge in [-0.2, -0.15) is 0 Å². The predicted molar refractivity (Wildman–Crippen MR) is 402 cm³/mol. The maximum absolute atomic E-state index is 13.7. The van der Waals surface area contributed by atoms with Crippen LogP contribution in [0.3, 0.4) is 0 Å². The van der Waals surface area contributed by atoms with Crippen LogP contribution in [-0.2, 0) is 27.1 Å². The average Bonchev–Trinajstić information content (AvgIpc) is 1.37. The number of aromatic carboxylic acids is 5. The molecule has 4 unspecified atom stereocenters. The van der Waals surface area contributed by atoms with Gasteiger partial charge >= 0.3 is 29.8 Å². The third-order valence-electron chi connectivity index (χ3n) is 32.5. The van der Waals surface area contributed by atoms with Gasteiger partial charge in [0.15, 0.2) is 0 Å². The molecule has 10 heteroatoms. The molecule has 26 aromatic rings. The molecule has 0 saturated carbocycles. The van der Waals surface area contributed by atoms with Crippen molar-refractivity contribution in [2.45, 2.75) is 27.1 Å². The highest BCUT2D eigenvalue weighted by molar-refractivity contribution is 6.77. The zero-order chi connectivity index (χ0) is 67.1. The van der Waals surface area contributed by atoms with Gasteiger partial charge in [-0.1, -0.05) is 60.7 Å². The summed E-state index contributed by atoms with van der Waals surface area (Å²) in [7, 11) is 0. The van der Waals surface area contributed by atoms with Crippen LogP contribution >= 0.6 is 0 Å². The maximum atomic E-state index is 13.7. The number of carbonyl (C=O) groups is 5. The third kappa shape index (κ3) is 3.12. The Morgan fingerprint density at radius 1 is 0.190 bits per heavy atom. The summed E-state index contributed by atoms with van der Waals surface area (Å²) in [5.41, 5.74) is 16.5. The summed E-state index contributed by atoms with van der Waals surface area (Å²) in [5.74, 6) is -5.79. The SMILES string of the molecule is O=C(O)c1ccc(C23C4=C5C6C7=C4C4(c8ccc(C(=O)O)cc8)c8c2c2c9c3c3c%10c%11c(c%12c%13c%14c(c%15c%16c%17c(c4c4c8c8c2c2c%18c9c%10c9c%10c%11c%13c%11c%13c%14c%16c%14c%16c%17c4c4c8c2c2c(c%189)c(c%10%11)c(c%14%13)c2c4%16)C7%15c2ccc(C(=O)O)cc2)C%126c2ccc(C(=O)O)cc2)C53c2ccc(C(=O)O)cc2)cc1. The van der Waals surface area contributed by atoms with E-state index in [1.54, 1.807) is 0 Å². The number of allylic oxidation sites excluding steroid dienone is 4. The number of hydrogen-bond acceptors (Lipinski definition) is 5. The monoisotopic (exact) mass is 1330 g/mol. The quantitative estimate of drug-likeness (QED) is 0.0825. The fourth-order valence-corrected chi connectivity index (χ4v) is 31.3. The van der Waals surface area contributed by atoms with Gasteiger partial charge in [-0.25, -0.2) is 24.0 Å². The number of benzene rings is 20. The lowest BCUT2D eigenvalue weighted by molar-refractivity contribution is 0.0686. The molecular weight excluding hydrogens is 1300 g/mol. The molecule has 0 saturated heterocycles. The maximum Gasteiger partial charge on any atom is 0.335 e. The van der Waals surface area contributed by atoms with Crippen molar-refractivity contribution in [2.75, 3.05) is 0 Å². The van der Waals surface area contributed by atoms with Crippen molar-refractivity contribution in [3.63, 3.8) is 0 Å². The van der Waals surface area contributed by atoms with Crippen LogP contribution in [0.4, 0.5) is 0 Å². The lowest BCUT2D eigenvalue weighted by atomic mass is 9.40. The van der Waals surface area contributed by atoms with Gasteiger partial charge in [0.05, 0.1) is 54.9 Å². The number of hydrogen-bond donors (Lipinski definition) is 5. The van der Waals surface area contributed by atoms with Gasteiger partial charge in [-0.05, 0) is 382 Å². The molecule has 0 amide bonds. The summed E-state index contributed by atoms with van der Waals surface area (Å²) in [6.45, 7) is 0. The minimum absolute atomic E-state index is 0.168. The third-order valence-corrected chi connectivity index (χ3v) is 32.5. The van der Waals surface area contributed by atoms with Gasteiger partial charge in [0, 0.05) is 5.92 Å². The average molecular weight is 1330 g/mol. The van der Waals surface area contributed by atoms with E-state index in [1.165, 1.54) is 282 Å². The van der Waals surface area contributed by atoms with Crippen LogP contribution in [0, 0.1) is 5.92 Å². The van der Waals surface area contributed by atoms with E-state index in [1.807, 2.05) is 60.7 Å². The van der Waals surface area contributed by atoms with Crippen LogP contribution in [0.1, 0.15) is 135 Å². The first kappa shape index (κ1) is 46.8. The fourth-order valence-electron chi connectivity index (χ4n) is 31.3. The first-order valence-electron chi connectivity index (χ1n) is 36.4. The Balaban J connectivity index is 0.982. The van der Waals surface area contributed by atoms with Crippen LogP contribution < -0.4 is 0 Å². The topological polar surface area (TPSA) is 186 Å². The molecule has 26 aromatic carbocycles. The summed E-state index contributed by atoms with van der Waals surface area (Å²) < 4.78 is 0. The van der Waals surface area contributed by atoms with Crippen molar-refractivity contribution in [1.82, 2.24) is 0 Å². The van der Waals surface area contributed by atoms with Gasteiger partial charge in [0.25, 0.3) is 0 Å². The van der Waals surface area contributed by atoms with Gasteiger partial charge in [-0.3, -0.25) is 0 Å². The van der Waals surface area contributed by atoms with Crippen molar-refractivity contribution < 1.29 is 49.5 Å². The van der Waals surface area contributed by atoms with E-state index >= 15 is 0 Å². The predicted octanol–water partition coefficient (Wildman–Crippen LogP) is 19.6. The second-order valence-electron chi connectivity index (χ2n) is 34.0. The van der Waals surface area contributed by atoms with Crippen molar-refractivity contribution >= 4 is 245 Å². The first-order chi connectivity index (χ1) is 51.4. The highest BCUT2D eigenvalue weighted by Crippen LogP contribution is 2.93. The largest absolute Gasteiger partial charge is 0.478 e. The molecular formula is C95H26O10. The zero-order valence-electron chi connectivity index (χ0n) is 53.4. The van der Waals surface area contributed by atoms with Crippen molar-refractivity contribution in [3.05, 3.63) is 255 Å². The standard InChI is InChI=1S/C95H26O10/c96-86(97)21-1-11-26(12-2-21)91-71-61-51-41-36-31-32-34-35-33(31)38-45-43(36)53(51)63-65-55(45)57-47(38)49-40(35)50-48-39(34)46-44-37(32)42(41)52-54(44)64-66-56(46)58(48)68-70-60(50)59(49)69-67(57)77-75(65)92(73(63)71,27-13-3-22(4-14-27)87(98)99)82-81(91)83-85-84(82)94(77,29-17-7-24(8-18-29)89(102)103)79(69)80(70)95(85,30-19-9-25(10-20-30)90(104)105)78(68)76(66)93(83,74(64)72(91)62(52)61)28-15-5-23(6-16-28)88(100)101/h1-20,81H,(H,96,97)(H,98,99)(H,100,101)(H,102,103)(H,104,105). The van der Waals surface area contributed by atoms with E-state index in [9.17, 15) is 49.5 Å². The van der Waals surface area contributed by atoms with E-state index in [0.717, 1.165) is 39.0 Å². The Morgan fingerprint density at radius 3 is 0.543 bits per heavy atom. The van der Waals surface area contributed by atoms with Crippen LogP contribution in [0.2, 0.25) is 0 Å². The number of rotatable bonds is 10. The zero-order valence-corrected chi connectivity index (χ0v) is 53.4. The van der Waals surface area contributed by atoms with E-state index < -0.39 is 62.8 Å². The molecule has 466 valence electrons. The van der Waals surface area contributed by atoms with Crippen molar-refractivity contribution in [3.8, 4) is 0 Å². The van der Waals surface area contributed by atoms with Crippen molar-refractivity contribution in [2.24, 2.45) is 5.92 Å². The summed E-state index contributed by atoms with van der Waals surface area (Å²) >= 11 is 0. The highest BCUT2D eigenvalue weighted by Gasteiger charge is 2.83. The Labute approximate surface area is 579 Å². The molecule has 5 N–H and O–H groups in total. The van der Waals surface area contributed by atoms with Gasteiger partial charge in [0.1, 0.15) is 0 Å². The van der Waals surface area contributed by atoms with Crippen molar-refractivity contribution in [1.29, 1.82) is 0 Å². The molecule has 0 fully saturated rings. The van der Waals surface area contributed by atoms with E-state index in [-0.39, 0.29) is 27.8 Å². The van der Waals surface area contributed by atoms with E-state index in [4.69, 9.17) is 0 Å². The summed E-state index contributed by atoms with van der Waals surface area (Å²) in [6.07, 6.45) is 0. The summed E-state index contributed by atoms with van der Waals surface area (Å²) in [6, 6.07) is 39.8. The number of carboxylic acids is 5. The molecule has 11 aliphatic rings. The normalized spacial score (nSPS) is 24.4. The molecule has 0 radical (unpaired) electrons.